The Bertz CT molecular complexity index is 384. The standard InChI is InChI=1S/C14H21NO2/c1-11-5-7-12(8-6-11)14(2,13(16)17)9-10-15(3)4/h5-8H,9-10H2,1-4H3,(H,16,17). The fourth-order valence-electron chi connectivity index (χ4n) is 1.74. The summed E-state index contributed by atoms with van der Waals surface area (Å²) >= 11 is 0. The summed E-state index contributed by atoms with van der Waals surface area (Å²) in [6.45, 7) is 4.56. The molecule has 0 spiro atoms. The molecule has 17 heavy (non-hydrogen) atoms. The lowest BCUT2D eigenvalue weighted by atomic mass is 9.79. The van der Waals surface area contributed by atoms with E-state index in [1.54, 1.807) is 6.92 Å². The molecule has 0 heterocycles. The Morgan fingerprint density at radius 1 is 1.29 bits per heavy atom. The highest BCUT2D eigenvalue weighted by Gasteiger charge is 2.34. The molecule has 1 atom stereocenters. The van der Waals surface area contributed by atoms with E-state index in [-0.39, 0.29) is 0 Å². The molecule has 0 saturated heterocycles. The fraction of sp³-hybridized carbons (Fsp3) is 0.500. The van der Waals surface area contributed by atoms with Crippen LogP contribution < -0.4 is 0 Å². The second-order valence-corrected chi connectivity index (χ2v) is 5.06. The van der Waals surface area contributed by atoms with E-state index in [0.29, 0.717) is 6.42 Å². The van der Waals surface area contributed by atoms with Crippen molar-refractivity contribution >= 4 is 5.97 Å². The molecule has 0 bridgehead atoms. The summed E-state index contributed by atoms with van der Waals surface area (Å²) in [5.41, 5.74) is 1.21. The lowest BCUT2D eigenvalue weighted by Gasteiger charge is -2.27. The topological polar surface area (TPSA) is 40.5 Å². The van der Waals surface area contributed by atoms with Crippen LogP contribution in [0.15, 0.2) is 24.3 Å². The molecule has 1 aromatic carbocycles. The summed E-state index contributed by atoms with van der Waals surface area (Å²) in [7, 11) is 3.91. The third-order valence-corrected chi connectivity index (χ3v) is 3.22. The molecule has 0 aliphatic rings. The molecule has 3 heteroatoms. The highest BCUT2D eigenvalue weighted by Crippen LogP contribution is 2.28. The molecule has 1 aromatic rings. The average Bonchev–Trinajstić information content (AvgIpc) is 2.26. The van der Waals surface area contributed by atoms with E-state index >= 15 is 0 Å². The van der Waals surface area contributed by atoms with Crippen molar-refractivity contribution in [3.8, 4) is 0 Å². The van der Waals surface area contributed by atoms with Gasteiger partial charge >= 0.3 is 5.97 Å². The van der Waals surface area contributed by atoms with Crippen molar-refractivity contribution in [3.05, 3.63) is 35.4 Å². The number of hydrogen-bond donors (Lipinski definition) is 1. The first-order valence-electron chi connectivity index (χ1n) is 5.81. The lowest BCUT2D eigenvalue weighted by molar-refractivity contribution is -0.143. The Kier molecular flexibility index (Phi) is 4.29. The van der Waals surface area contributed by atoms with Crippen molar-refractivity contribution in [2.24, 2.45) is 0 Å². The molecule has 3 nitrogen and oxygen atoms in total. The molecule has 94 valence electrons. The first-order valence-corrected chi connectivity index (χ1v) is 5.81. The van der Waals surface area contributed by atoms with Crippen LogP contribution in [-0.2, 0) is 10.2 Å². The quantitative estimate of drug-likeness (QED) is 0.851. The summed E-state index contributed by atoms with van der Waals surface area (Å²) in [6.07, 6.45) is 0.610. The van der Waals surface area contributed by atoms with E-state index in [1.165, 1.54) is 0 Å². The number of hydrogen-bond acceptors (Lipinski definition) is 2. The molecule has 0 saturated carbocycles. The minimum absolute atomic E-state index is 0.610. The minimum Gasteiger partial charge on any atom is -0.481 e. The summed E-state index contributed by atoms with van der Waals surface area (Å²) in [4.78, 5) is 13.5. The van der Waals surface area contributed by atoms with Gasteiger partial charge in [-0.05, 0) is 46.5 Å². The zero-order chi connectivity index (χ0) is 13.1. The van der Waals surface area contributed by atoms with E-state index in [4.69, 9.17) is 0 Å². The maximum Gasteiger partial charge on any atom is 0.313 e. The van der Waals surface area contributed by atoms with Gasteiger partial charge in [0.25, 0.3) is 0 Å². The number of carboxylic acids is 1. The van der Waals surface area contributed by atoms with Crippen molar-refractivity contribution in [1.29, 1.82) is 0 Å². The Labute approximate surface area is 103 Å². The van der Waals surface area contributed by atoms with Crippen LogP contribution in [0.3, 0.4) is 0 Å². The van der Waals surface area contributed by atoms with Crippen LogP contribution in [0.5, 0.6) is 0 Å². The van der Waals surface area contributed by atoms with Crippen LogP contribution >= 0.6 is 0 Å². The smallest absolute Gasteiger partial charge is 0.313 e. The maximum atomic E-state index is 11.5. The van der Waals surface area contributed by atoms with Crippen molar-refractivity contribution in [2.75, 3.05) is 20.6 Å². The Balaban J connectivity index is 2.98. The summed E-state index contributed by atoms with van der Waals surface area (Å²) in [5, 5.41) is 9.45. The predicted molar refractivity (Wildman–Crippen MR) is 69.3 cm³/mol. The van der Waals surface area contributed by atoms with E-state index in [2.05, 4.69) is 0 Å². The number of aryl methyl sites for hydroxylation is 1. The third kappa shape index (κ3) is 3.30. The van der Waals surface area contributed by atoms with E-state index in [1.807, 2.05) is 50.2 Å². The van der Waals surface area contributed by atoms with Crippen LogP contribution in [0.25, 0.3) is 0 Å². The molecule has 0 aliphatic carbocycles. The van der Waals surface area contributed by atoms with E-state index in [0.717, 1.165) is 17.7 Å². The maximum absolute atomic E-state index is 11.5. The van der Waals surface area contributed by atoms with Gasteiger partial charge in [-0.15, -0.1) is 0 Å². The molecule has 1 N–H and O–H groups in total. The van der Waals surface area contributed by atoms with Crippen molar-refractivity contribution in [2.45, 2.75) is 25.7 Å². The largest absolute Gasteiger partial charge is 0.481 e. The van der Waals surface area contributed by atoms with Crippen LogP contribution in [0.1, 0.15) is 24.5 Å². The molecule has 1 unspecified atom stereocenters. The summed E-state index contributed by atoms with van der Waals surface area (Å²) in [5.74, 6) is -0.761. The summed E-state index contributed by atoms with van der Waals surface area (Å²) < 4.78 is 0. The van der Waals surface area contributed by atoms with Gasteiger partial charge in [-0.1, -0.05) is 29.8 Å². The second kappa shape index (κ2) is 5.32. The Hall–Kier alpha value is -1.35. The van der Waals surface area contributed by atoms with Crippen molar-refractivity contribution < 1.29 is 9.90 Å². The molecule has 0 aromatic heterocycles. The van der Waals surface area contributed by atoms with E-state index < -0.39 is 11.4 Å². The zero-order valence-corrected chi connectivity index (χ0v) is 11.0. The lowest BCUT2D eigenvalue weighted by Crippen LogP contribution is -2.35. The summed E-state index contributed by atoms with van der Waals surface area (Å²) in [6, 6.07) is 7.76. The number of carboxylic acid groups (broad SMARTS) is 1. The van der Waals surface area contributed by atoms with Gasteiger partial charge < -0.3 is 10.0 Å². The highest BCUT2D eigenvalue weighted by atomic mass is 16.4. The average molecular weight is 235 g/mol. The van der Waals surface area contributed by atoms with Gasteiger partial charge in [-0.25, -0.2) is 0 Å². The van der Waals surface area contributed by atoms with Gasteiger partial charge in [0.1, 0.15) is 0 Å². The first-order chi connectivity index (χ1) is 7.86. The highest BCUT2D eigenvalue weighted by molar-refractivity contribution is 5.80. The molecule has 0 amide bonds. The molecular weight excluding hydrogens is 214 g/mol. The number of nitrogens with zero attached hydrogens (tertiary/aromatic N) is 1. The normalized spacial score (nSPS) is 14.6. The Morgan fingerprint density at radius 3 is 2.24 bits per heavy atom. The molecular formula is C14H21NO2. The monoisotopic (exact) mass is 235 g/mol. The van der Waals surface area contributed by atoms with Gasteiger partial charge in [0.2, 0.25) is 0 Å². The Morgan fingerprint density at radius 2 is 1.82 bits per heavy atom. The van der Waals surface area contributed by atoms with Crippen LogP contribution in [0.4, 0.5) is 0 Å². The fourth-order valence-corrected chi connectivity index (χ4v) is 1.74. The van der Waals surface area contributed by atoms with Gasteiger partial charge in [0, 0.05) is 0 Å². The zero-order valence-electron chi connectivity index (χ0n) is 11.0. The number of aliphatic carboxylic acids is 1. The second-order valence-electron chi connectivity index (χ2n) is 5.06. The molecule has 1 rings (SSSR count). The number of carbonyl (C=O) groups is 1. The molecule has 0 fully saturated rings. The van der Waals surface area contributed by atoms with Crippen molar-refractivity contribution in [1.82, 2.24) is 4.90 Å². The van der Waals surface area contributed by atoms with Crippen LogP contribution in [0.2, 0.25) is 0 Å². The SMILES string of the molecule is Cc1ccc(C(C)(CCN(C)C)C(=O)O)cc1. The number of benzene rings is 1. The van der Waals surface area contributed by atoms with Crippen LogP contribution in [0, 0.1) is 6.92 Å². The van der Waals surface area contributed by atoms with Crippen LogP contribution in [-0.4, -0.2) is 36.6 Å². The van der Waals surface area contributed by atoms with Gasteiger partial charge in [0.05, 0.1) is 5.41 Å². The first kappa shape index (κ1) is 13.7. The van der Waals surface area contributed by atoms with Gasteiger partial charge in [0.15, 0.2) is 0 Å². The van der Waals surface area contributed by atoms with Crippen molar-refractivity contribution in [3.63, 3.8) is 0 Å². The van der Waals surface area contributed by atoms with Gasteiger partial charge in [-0.2, -0.15) is 0 Å². The van der Waals surface area contributed by atoms with E-state index in [9.17, 15) is 9.90 Å². The molecule has 0 radical (unpaired) electrons. The third-order valence-electron chi connectivity index (χ3n) is 3.22. The number of rotatable bonds is 5. The minimum atomic E-state index is -0.808. The predicted octanol–water partition coefficient (Wildman–Crippen LogP) is 2.29. The molecule has 0 aliphatic heterocycles. The van der Waals surface area contributed by atoms with Gasteiger partial charge in [-0.3, -0.25) is 4.79 Å².